The number of carbonyl (C=O) groups is 2. The number of piperidine rings is 1. The number of aromatic nitrogens is 2. The predicted molar refractivity (Wildman–Crippen MR) is 72.5 cm³/mol. The van der Waals surface area contributed by atoms with Gasteiger partial charge in [-0.1, -0.05) is 13.8 Å². The Labute approximate surface area is 117 Å². The number of carbonyl (C=O) groups excluding carboxylic acids is 1. The molecule has 0 radical (unpaired) electrons. The second-order valence-electron chi connectivity index (χ2n) is 5.59. The topological polar surface area (TPSA) is 83.4 Å². The highest BCUT2D eigenvalue weighted by Crippen LogP contribution is 2.32. The summed E-state index contributed by atoms with van der Waals surface area (Å²) in [5, 5.41) is 8.77. The highest BCUT2D eigenvalue weighted by molar-refractivity contribution is 5.92. The average Bonchev–Trinajstić information content (AvgIpc) is 2.46. The molecule has 1 aliphatic heterocycles. The zero-order chi connectivity index (χ0) is 14.8. The second-order valence-corrected chi connectivity index (χ2v) is 5.59. The third kappa shape index (κ3) is 2.95. The maximum atomic E-state index is 12.4. The molecule has 2 rings (SSSR count). The Morgan fingerprint density at radius 1 is 1.35 bits per heavy atom. The molecule has 0 aliphatic carbocycles. The first-order valence-corrected chi connectivity index (χ1v) is 6.80. The van der Waals surface area contributed by atoms with Gasteiger partial charge in [0.05, 0.1) is 12.4 Å². The van der Waals surface area contributed by atoms with Crippen LogP contribution in [0, 0.1) is 5.41 Å². The van der Waals surface area contributed by atoms with Gasteiger partial charge in [-0.3, -0.25) is 4.79 Å². The lowest BCUT2D eigenvalue weighted by Crippen LogP contribution is -2.44. The number of rotatable bonds is 3. The molecule has 6 nitrogen and oxygen atoms in total. The fourth-order valence-electron chi connectivity index (χ4n) is 2.49. The van der Waals surface area contributed by atoms with E-state index in [-0.39, 0.29) is 22.7 Å². The SMILES string of the molecule is CCC1(C)CCCN(C(=O)c2cnc(C(=O)O)cn2)C1. The molecule has 108 valence electrons. The van der Waals surface area contributed by atoms with Crippen LogP contribution in [0.5, 0.6) is 0 Å². The van der Waals surface area contributed by atoms with E-state index in [2.05, 4.69) is 23.8 Å². The van der Waals surface area contributed by atoms with Crippen molar-refractivity contribution in [1.29, 1.82) is 0 Å². The van der Waals surface area contributed by atoms with Crippen molar-refractivity contribution in [2.24, 2.45) is 5.41 Å². The van der Waals surface area contributed by atoms with Crippen LogP contribution in [0.15, 0.2) is 12.4 Å². The number of likely N-dealkylation sites (tertiary alicyclic amines) is 1. The number of carboxylic acid groups (broad SMARTS) is 1. The maximum absolute atomic E-state index is 12.4. The minimum absolute atomic E-state index is 0.154. The Morgan fingerprint density at radius 2 is 2.00 bits per heavy atom. The number of carboxylic acids is 1. The molecule has 20 heavy (non-hydrogen) atoms. The third-order valence-corrected chi connectivity index (χ3v) is 4.01. The number of hydrogen-bond acceptors (Lipinski definition) is 4. The number of amides is 1. The van der Waals surface area contributed by atoms with Crippen molar-refractivity contribution in [2.75, 3.05) is 13.1 Å². The van der Waals surface area contributed by atoms with Crippen LogP contribution < -0.4 is 0 Å². The van der Waals surface area contributed by atoms with Gasteiger partial charge in [0.2, 0.25) is 0 Å². The number of nitrogens with zero attached hydrogens (tertiary/aromatic N) is 3. The van der Waals surface area contributed by atoms with Crippen LogP contribution in [-0.2, 0) is 0 Å². The molecule has 1 amide bonds. The summed E-state index contributed by atoms with van der Waals surface area (Å²) in [6.45, 7) is 5.75. The zero-order valence-corrected chi connectivity index (χ0v) is 11.8. The first kappa shape index (κ1) is 14.4. The first-order chi connectivity index (χ1) is 9.45. The number of aromatic carboxylic acids is 1. The Bertz CT molecular complexity index is 515. The molecule has 1 atom stereocenters. The molecular weight excluding hydrogens is 258 g/mol. The summed E-state index contributed by atoms with van der Waals surface area (Å²) in [5.41, 5.74) is 0.205. The predicted octanol–water partition coefficient (Wildman–Crippen LogP) is 1.83. The fourth-order valence-corrected chi connectivity index (χ4v) is 2.49. The molecule has 0 bridgehead atoms. The van der Waals surface area contributed by atoms with E-state index in [1.54, 1.807) is 4.90 Å². The van der Waals surface area contributed by atoms with E-state index in [1.165, 1.54) is 6.20 Å². The summed E-state index contributed by atoms with van der Waals surface area (Å²) in [6.07, 6.45) is 5.50. The first-order valence-electron chi connectivity index (χ1n) is 6.80. The van der Waals surface area contributed by atoms with Gasteiger partial charge < -0.3 is 10.0 Å². The summed E-state index contributed by atoms with van der Waals surface area (Å²) in [5.74, 6) is -1.32. The van der Waals surface area contributed by atoms with Crippen LogP contribution in [0.4, 0.5) is 0 Å². The lowest BCUT2D eigenvalue weighted by Gasteiger charge is -2.39. The molecule has 1 N–H and O–H groups in total. The Hall–Kier alpha value is -1.98. The molecule has 0 spiro atoms. The largest absolute Gasteiger partial charge is 0.476 e. The van der Waals surface area contributed by atoms with Gasteiger partial charge in [-0.15, -0.1) is 0 Å². The maximum Gasteiger partial charge on any atom is 0.356 e. The van der Waals surface area contributed by atoms with Gasteiger partial charge >= 0.3 is 5.97 Å². The summed E-state index contributed by atoms with van der Waals surface area (Å²) >= 11 is 0. The van der Waals surface area contributed by atoms with Gasteiger partial charge in [0, 0.05) is 13.1 Å². The Balaban J connectivity index is 2.12. The van der Waals surface area contributed by atoms with E-state index in [1.807, 2.05) is 0 Å². The van der Waals surface area contributed by atoms with Crippen LogP contribution >= 0.6 is 0 Å². The van der Waals surface area contributed by atoms with E-state index in [9.17, 15) is 9.59 Å². The smallest absolute Gasteiger partial charge is 0.356 e. The van der Waals surface area contributed by atoms with Gasteiger partial charge in [-0.25, -0.2) is 14.8 Å². The summed E-state index contributed by atoms with van der Waals surface area (Å²) < 4.78 is 0. The van der Waals surface area contributed by atoms with E-state index in [0.29, 0.717) is 6.54 Å². The van der Waals surface area contributed by atoms with Gasteiger partial charge in [0.15, 0.2) is 5.69 Å². The molecule has 1 saturated heterocycles. The molecule has 1 aromatic rings. The van der Waals surface area contributed by atoms with Crippen molar-refractivity contribution in [3.05, 3.63) is 23.8 Å². The second kappa shape index (κ2) is 5.56. The molecule has 1 aromatic heterocycles. The monoisotopic (exact) mass is 277 g/mol. The molecule has 1 fully saturated rings. The highest BCUT2D eigenvalue weighted by atomic mass is 16.4. The van der Waals surface area contributed by atoms with Crippen molar-refractivity contribution < 1.29 is 14.7 Å². The average molecular weight is 277 g/mol. The normalized spacial score (nSPS) is 22.6. The minimum Gasteiger partial charge on any atom is -0.476 e. The molecule has 1 aliphatic rings. The summed E-state index contributed by atoms with van der Waals surface area (Å²) in [6, 6.07) is 0. The van der Waals surface area contributed by atoms with Crippen molar-refractivity contribution in [3.8, 4) is 0 Å². The third-order valence-electron chi connectivity index (χ3n) is 4.01. The zero-order valence-electron chi connectivity index (χ0n) is 11.8. The van der Waals surface area contributed by atoms with Crippen molar-refractivity contribution in [1.82, 2.24) is 14.9 Å². The molecule has 2 heterocycles. The van der Waals surface area contributed by atoms with Gasteiger partial charge in [0.1, 0.15) is 5.69 Å². The summed E-state index contributed by atoms with van der Waals surface area (Å²) in [7, 11) is 0. The van der Waals surface area contributed by atoms with E-state index >= 15 is 0 Å². The molecule has 1 unspecified atom stereocenters. The molecule has 6 heteroatoms. The lowest BCUT2D eigenvalue weighted by molar-refractivity contribution is 0.0535. The molecular formula is C14H19N3O3. The van der Waals surface area contributed by atoms with E-state index in [4.69, 9.17) is 5.11 Å². The number of hydrogen-bond donors (Lipinski definition) is 1. The lowest BCUT2D eigenvalue weighted by atomic mass is 9.79. The van der Waals surface area contributed by atoms with Crippen LogP contribution in [0.3, 0.4) is 0 Å². The van der Waals surface area contributed by atoms with E-state index in [0.717, 1.165) is 32.0 Å². The van der Waals surface area contributed by atoms with Crippen LogP contribution in [-0.4, -0.2) is 44.9 Å². The quantitative estimate of drug-likeness (QED) is 0.911. The Morgan fingerprint density at radius 3 is 2.55 bits per heavy atom. The van der Waals surface area contributed by atoms with Crippen molar-refractivity contribution in [3.63, 3.8) is 0 Å². The van der Waals surface area contributed by atoms with Gasteiger partial charge in [0.25, 0.3) is 5.91 Å². The van der Waals surface area contributed by atoms with Crippen LogP contribution in [0.2, 0.25) is 0 Å². The molecule has 0 aromatic carbocycles. The standard InChI is InChI=1S/C14H19N3O3/c1-3-14(2)5-4-6-17(9-14)12(18)10-7-16-11(8-15-10)13(19)20/h7-8H,3-6,9H2,1-2H3,(H,19,20). The minimum atomic E-state index is -1.15. The van der Waals surface area contributed by atoms with Gasteiger partial charge in [-0.2, -0.15) is 0 Å². The molecule has 0 saturated carbocycles. The van der Waals surface area contributed by atoms with Gasteiger partial charge in [-0.05, 0) is 24.7 Å². The van der Waals surface area contributed by atoms with Crippen molar-refractivity contribution >= 4 is 11.9 Å². The van der Waals surface area contributed by atoms with E-state index < -0.39 is 5.97 Å². The summed E-state index contributed by atoms with van der Waals surface area (Å²) in [4.78, 5) is 32.5. The van der Waals surface area contributed by atoms with Crippen LogP contribution in [0.25, 0.3) is 0 Å². The van der Waals surface area contributed by atoms with Crippen LogP contribution in [0.1, 0.15) is 54.1 Å². The Kier molecular flexibility index (Phi) is 4.01. The van der Waals surface area contributed by atoms with Crippen molar-refractivity contribution in [2.45, 2.75) is 33.1 Å². The fraction of sp³-hybridized carbons (Fsp3) is 0.571. The highest BCUT2D eigenvalue weighted by Gasteiger charge is 2.32.